The fourth-order valence-electron chi connectivity index (χ4n) is 3.96. The Balaban J connectivity index is 1.87. The summed E-state index contributed by atoms with van der Waals surface area (Å²) in [5.74, 6) is -0.684. The molecule has 0 bridgehead atoms. The molecule has 3 rings (SSSR count). The molecular weight excluding hydrogens is 394 g/mol. The van der Waals surface area contributed by atoms with Crippen molar-refractivity contribution in [3.05, 3.63) is 71.8 Å². The van der Waals surface area contributed by atoms with Gasteiger partial charge in [-0.2, -0.15) is 0 Å². The molecule has 0 saturated carbocycles. The molecule has 0 aromatic heterocycles. The molecule has 0 radical (unpaired) electrons. The van der Waals surface area contributed by atoms with E-state index in [1.54, 1.807) is 4.90 Å². The minimum absolute atomic E-state index is 0.0196. The van der Waals surface area contributed by atoms with Gasteiger partial charge in [0.25, 0.3) is 5.91 Å². The van der Waals surface area contributed by atoms with E-state index in [0.717, 1.165) is 17.5 Å². The van der Waals surface area contributed by atoms with Crippen molar-refractivity contribution < 1.29 is 19.1 Å². The third-order valence-electron chi connectivity index (χ3n) is 5.40. The summed E-state index contributed by atoms with van der Waals surface area (Å²) in [6.45, 7) is 2.60. The zero-order chi connectivity index (χ0) is 22.3. The fraction of sp³-hybridized carbons (Fsp3) is 0.375. The van der Waals surface area contributed by atoms with Crippen LogP contribution >= 0.6 is 0 Å². The molecule has 7 heteroatoms. The molecule has 1 aliphatic rings. The van der Waals surface area contributed by atoms with Gasteiger partial charge in [-0.1, -0.05) is 67.6 Å². The van der Waals surface area contributed by atoms with Gasteiger partial charge in [-0.3, -0.25) is 14.5 Å². The molecule has 7 nitrogen and oxygen atoms in total. The largest absolute Gasteiger partial charge is 0.468 e. The first kappa shape index (κ1) is 22.5. The van der Waals surface area contributed by atoms with Crippen LogP contribution in [0.5, 0.6) is 0 Å². The topological polar surface area (TPSA) is 79.0 Å². The van der Waals surface area contributed by atoms with Gasteiger partial charge in [-0.25, -0.2) is 9.69 Å². The molecule has 2 aromatic carbocycles. The lowest BCUT2D eigenvalue weighted by atomic mass is 9.84. The Morgan fingerprint density at radius 2 is 1.55 bits per heavy atom. The average Bonchev–Trinajstić information content (AvgIpc) is 2.99. The van der Waals surface area contributed by atoms with Crippen LogP contribution in [0.15, 0.2) is 60.7 Å². The van der Waals surface area contributed by atoms with Crippen molar-refractivity contribution in [1.29, 1.82) is 0 Å². The minimum atomic E-state index is -1.08. The van der Waals surface area contributed by atoms with E-state index >= 15 is 0 Å². The number of esters is 1. The first-order valence-electron chi connectivity index (χ1n) is 10.5. The Morgan fingerprint density at radius 1 is 1.00 bits per heavy atom. The summed E-state index contributed by atoms with van der Waals surface area (Å²) < 4.78 is 4.76. The highest BCUT2D eigenvalue weighted by Crippen LogP contribution is 2.27. The lowest BCUT2D eigenvalue weighted by Crippen LogP contribution is -2.51. The van der Waals surface area contributed by atoms with E-state index in [2.05, 4.69) is 5.32 Å². The summed E-state index contributed by atoms with van der Waals surface area (Å²) in [4.78, 5) is 41.3. The van der Waals surface area contributed by atoms with Gasteiger partial charge in [0.2, 0.25) is 0 Å². The van der Waals surface area contributed by atoms with Crippen LogP contribution < -0.4 is 5.32 Å². The van der Waals surface area contributed by atoms with E-state index in [1.807, 2.05) is 67.6 Å². The predicted octanol–water partition coefficient (Wildman–Crippen LogP) is 2.60. The lowest BCUT2D eigenvalue weighted by Gasteiger charge is -2.29. The van der Waals surface area contributed by atoms with Gasteiger partial charge < -0.3 is 10.1 Å². The number of nitrogens with zero attached hydrogens (tertiary/aromatic N) is 2. The first-order chi connectivity index (χ1) is 15.0. The van der Waals surface area contributed by atoms with Crippen molar-refractivity contribution >= 4 is 17.9 Å². The van der Waals surface area contributed by atoms with Gasteiger partial charge >= 0.3 is 12.0 Å². The van der Waals surface area contributed by atoms with Gasteiger partial charge in [0.05, 0.1) is 20.3 Å². The van der Waals surface area contributed by atoms with Crippen LogP contribution in [-0.2, 0) is 27.2 Å². The van der Waals surface area contributed by atoms with E-state index in [1.165, 1.54) is 12.0 Å². The molecule has 1 saturated heterocycles. The van der Waals surface area contributed by atoms with Crippen LogP contribution in [0.1, 0.15) is 24.5 Å². The first-order valence-corrected chi connectivity index (χ1v) is 10.5. The molecule has 0 aliphatic carbocycles. The van der Waals surface area contributed by atoms with Crippen molar-refractivity contribution in [2.75, 3.05) is 26.9 Å². The number of rotatable bonds is 10. The normalized spacial score (nSPS) is 15.3. The number of hydrogen-bond acceptors (Lipinski definition) is 5. The molecular formula is C24H29N3O4. The molecule has 31 heavy (non-hydrogen) atoms. The second-order valence-electron chi connectivity index (χ2n) is 7.84. The number of amides is 3. The Bertz CT molecular complexity index is 860. The monoisotopic (exact) mass is 423 g/mol. The van der Waals surface area contributed by atoms with Crippen LogP contribution in [0.2, 0.25) is 0 Å². The SMILES string of the molecule is CCCN(CC(=O)OC)CN1C(=O)NC(Cc2ccccc2)(Cc2ccccc2)C1=O. The van der Waals surface area contributed by atoms with E-state index in [9.17, 15) is 14.4 Å². The van der Waals surface area contributed by atoms with E-state index in [0.29, 0.717) is 19.4 Å². The molecule has 2 aromatic rings. The molecule has 3 amide bonds. The molecule has 0 atom stereocenters. The van der Waals surface area contributed by atoms with Crippen molar-refractivity contribution in [2.24, 2.45) is 0 Å². The van der Waals surface area contributed by atoms with Crippen molar-refractivity contribution in [3.63, 3.8) is 0 Å². The summed E-state index contributed by atoms with van der Waals surface area (Å²) in [6, 6.07) is 18.9. The number of ether oxygens (including phenoxy) is 1. The Kier molecular flexibility index (Phi) is 7.41. The summed E-state index contributed by atoms with van der Waals surface area (Å²) >= 11 is 0. The molecule has 1 N–H and O–H groups in total. The molecule has 164 valence electrons. The maximum absolute atomic E-state index is 13.6. The van der Waals surface area contributed by atoms with Crippen LogP contribution in [-0.4, -0.2) is 60.1 Å². The van der Waals surface area contributed by atoms with E-state index < -0.39 is 17.5 Å². The molecule has 1 aliphatic heterocycles. The number of carbonyl (C=O) groups is 3. The zero-order valence-corrected chi connectivity index (χ0v) is 18.0. The van der Waals surface area contributed by atoms with Crippen LogP contribution in [0.25, 0.3) is 0 Å². The van der Waals surface area contributed by atoms with Gasteiger partial charge in [0.1, 0.15) is 5.54 Å². The zero-order valence-electron chi connectivity index (χ0n) is 18.0. The maximum atomic E-state index is 13.6. The minimum Gasteiger partial charge on any atom is -0.468 e. The predicted molar refractivity (Wildman–Crippen MR) is 117 cm³/mol. The van der Waals surface area contributed by atoms with Gasteiger partial charge in [0.15, 0.2) is 0 Å². The number of urea groups is 1. The highest BCUT2D eigenvalue weighted by Gasteiger charge is 2.51. The Morgan fingerprint density at radius 3 is 2.03 bits per heavy atom. The number of imide groups is 1. The number of methoxy groups -OCH3 is 1. The smallest absolute Gasteiger partial charge is 0.326 e. The van der Waals surface area contributed by atoms with Crippen molar-refractivity contribution in [3.8, 4) is 0 Å². The van der Waals surface area contributed by atoms with Crippen molar-refractivity contribution in [2.45, 2.75) is 31.7 Å². The highest BCUT2D eigenvalue weighted by molar-refractivity contribution is 6.07. The van der Waals surface area contributed by atoms with Crippen LogP contribution in [0, 0.1) is 0 Å². The second-order valence-corrected chi connectivity index (χ2v) is 7.84. The molecule has 1 heterocycles. The third-order valence-corrected chi connectivity index (χ3v) is 5.40. The summed E-state index contributed by atoms with van der Waals surface area (Å²) in [5.41, 5.74) is 0.853. The Labute approximate surface area is 183 Å². The summed E-state index contributed by atoms with van der Waals surface area (Å²) in [6.07, 6.45) is 1.54. The molecule has 1 fully saturated rings. The van der Waals surface area contributed by atoms with Crippen molar-refractivity contribution in [1.82, 2.24) is 15.1 Å². The average molecular weight is 424 g/mol. The quantitative estimate of drug-likeness (QED) is 0.469. The van der Waals surface area contributed by atoms with Gasteiger partial charge in [-0.15, -0.1) is 0 Å². The Hall–Kier alpha value is -3.19. The molecule has 0 unspecified atom stereocenters. The summed E-state index contributed by atoms with van der Waals surface area (Å²) in [5, 5.41) is 2.97. The second kappa shape index (κ2) is 10.2. The fourth-order valence-corrected chi connectivity index (χ4v) is 3.96. The van der Waals surface area contributed by atoms with Crippen LogP contribution in [0.4, 0.5) is 4.79 Å². The van der Waals surface area contributed by atoms with Gasteiger partial charge in [-0.05, 0) is 17.5 Å². The number of nitrogens with one attached hydrogen (secondary N) is 1. The highest BCUT2D eigenvalue weighted by atomic mass is 16.5. The third kappa shape index (κ3) is 5.49. The number of carbonyl (C=O) groups excluding carboxylic acids is 3. The lowest BCUT2D eigenvalue weighted by molar-refractivity contribution is -0.143. The number of hydrogen-bond donors (Lipinski definition) is 1. The summed E-state index contributed by atoms with van der Waals surface area (Å²) in [7, 11) is 1.32. The van der Waals surface area contributed by atoms with Crippen LogP contribution in [0.3, 0.4) is 0 Å². The van der Waals surface area contributed by atoms with E-state index in [-0.39, 0.29) is 19.1 Å². The van der Waals surface area contributed by atoms with Gasteiger partial charge in [0, 0.05) is 19.4 Å². The standard InChI is InChI=1S/C24H29N3O4/c1-3-14-26(17-21(28)31-2)18-27-22(29)24(25-23(27)30,15-19-10-6-4-7-11-19)16-20-12-8-5-9-13-20/h4-13H,3,14-18H2,1-2H3,(H,25,30). The molecule has 0 spiro atoms. The number of benzene rings is 2. The maximum Gasteiger partial charge on any atom is 0.326 e. The van der Waals surface area contributed by atoms with E-state index in [4.69, 9.17) is 4.74 Å².